The third-order valence-corrected chi connectivity index (χ3v) is 4.66. The van der Waals surface area contributed by atoms with Gasteiger partial charge in [-0.05, 0) is 32.1 Å². The molecule has 0 aromatic heterocycles. The molecule has 0 aromatic rings. The predicted octanol–water partition coefficient (Wildman–Crippen LogP) is 3.47. The van der Waals surface area contributed by atoms with Crippen LogP contribution in [-0.4, -0.2) is 67.6 Å². The van der Waals surface area contributed by atoms with Crippen molar-refractivity contribution in [2.75, 3.05) is 19.6 Å². The summed E-state index contributed by atoms with van der Waals surface area (Å²) in [4.78, 5) is 44.3. The molecular weight excluding hydrogens is 542 g/mol. The molecule has 0 heterocycles. The van der Waals surface area contributed by atoms with Crippen LogP contribution in [0.5, 0.6) is 0 Å². The predicted molar refractivity (Wildman–Crippen MR) is 114 cm³/mol. The Balaban J connectivity index is 4.74. The molecule has 0 aliphatic heterocycles. The lowest BCUT2D eigenvalue weighted by Gasteiger charge is -2.30. The van der Waals surface area contributed by atoms with Gasteiger partial charge in [0.2, 0.25) is 17.6 Å². The highest BCUT2D eigenvalue weighted by Crippen LogP contribution is 2.43. The smallest absolute Gasteiger partial charge is 0.356 e. The lowest BCUT2D eigenvalue weighted by Crippen LogP contribution is -2.56. The van der Waals surface area contributed by atoms with Crippen molar-refractivity contribution in [3.8, 4) is 0 Å². The van der Waals surface area contributed by atoms with Crippen molar-refractivity contribution in [1.29, 1.82) is 0 Å². The van der Waals surface area contributed by atoms with Gasteiger partial charge in [0, 0.05) is 39.9 Å². The number of alkyl halides is 8. The maximum Gasteiger partial charge on any atom is 0.453 e. The van der Waals surface area contributed by atoms with Crippen LogP contribution in [0, 0.1) is 0 Å². The van der Waals surface area contributed by atoms with Crippen LogP contribution in [0.4, 0.5) is 35.1 Å². The third-order valence-electron chi connectivity index (χ3n) is 4.66. The van der Waals surface area contributed by atoms with Gasteiger partial charge in [-0.3, -0.25) is 19.2 Å². The number of amides is 3. The van der Waals surface area contributed by atoms with Gasteiger partial charge in [0.15, 0.2) is 0 Å². The number of ether oxygens (including phenoxy) is 2. The van der Waals surface area contributed by atoms with Crippen molar-refractivity contribution >= 4 is 23.5 Å². The molecule has 222 valence electrons. The standard InChI is InChI=1S/C21H31F8N3O6/c1-14(33)30-11-7-4-3-6-10-16(35)18(22,23)37-20(26,27)21(28,29)38-19(24,25)17(36)32-13-9-5-8-12-31-15(2)34/h3-13H2,1-2H3,(H,30,33)(H,31,34)(H,32,36). The summed E-state index contributed by atoms with van der Waals surface area (Å²) in [6.45, 7) is 2.54. The maximum absolute atomic E-state index is 13.7. The first-order valence-corrected chi connectivity index (χ1v) is 11.6. The highest BCUT2D eigenvalue weighted by atomic mass is 19.3. The van der Waals surface area contributed by atoms with E-state index in [1.807, 2.05) is 0 Å². The second-order valence-corrected chi connectivity index (χ2v) is 8.14. The zero-order valence-electron chi connectivity index (χ0n) is 20.8. The lowest BCUT2D eigenvalue weighted by atomic mass is 10.1. The first-order valence-electron chi connectivity index (χ1n) is 11.6. The molecule has 0 radical (unpaired) electrons. The van der Waals surface area contributed by atoms with Crippen LogP contribution in [0.1, 0.15) is 65.2 Å². The van der Waals surface area contributed by atoms with Crippen LogP contribution in [0.15, 0.2) is 0 Å². The Morgan fingerprint density at radius 2 is 0.921 bits per heavy atom. The van der Waals surface area contributed by atoms with Crippen molar-refractivity contribution in [2.24, 2.45) is 0 Å². The molecule has 0 aromatic carbocycles. The van der Waals surface area contributed by atoms with E-state index in [1.165, 1.54) is 19.2 Å². The van der Waals surface area contributed by atoms with Gasteiger partial charge >= 0.3 is 30.3 Å². The topological polar surface area (TPSA) is 123 Å². The number of hydrogen-bond acceptors (Lipinski definition) is 6. The van der Waals surface area contributed by atoms with Gasteiger partial charge in [-0.1, -0.05) is 12.8 Å². The number of rotatable bonds is 20. The van der Waals surface area contributed by atoms with Crippen molar-refractivity contribution in [1.82, 2.24) is 16.0 Å². The maximum atomic E-state index is 13.7. The summed E-state index contributed by atoms with van der Waals surface area (Å²) in [6.07, 6.45) is -23.6. The first-order chi connectivity index (χ1) is 17.3. The number of carbonyl (C=O) groups is 4. The number of Topliss-reactive ketones (excluding diaryl/α,β-unsaturated/α-hetero) is 1. The van der Waals surface area contributed by atoms with Gasteiger partial charge in [0.05, 0.1) is 0 Å². The molecule has 3 N–H and O–H groups in total. The molecular formula is C21H31F8N3O6. The lowest BCUT2D eigenvalue weighted by molar-refractivity contribution is -0.499. The van der Waals surface area contributed by atoms with Crippen LogP contribution in [0.3, 0.4) is 0 Å². The van der Waals surface area contributed by atoms with E-state index in [0.29, 0.717) is 25.7 Å². The van der Waals surface area contributed by atoms with E-state index in [9.17, 15) is 54.3 Å². The molecule has 38 heavy (non-hydrogen) atoms. The van der Waals surface area contributed by atoms with E-state index >= 15 is 0 Å². The number of nitrogens with one attached hydrogen (secondary N) is 3. The van der Waals surface area contributed by atoms with E-state index in [-0.39, 0.29) is 44.2 Å². The second kappa shape index (κ2) is 15.8. The second-order valence-electron chi connectivity index (χ2n) is 8.14. The van der Waals surface area contributed by atoms with Crippen molar-refractivity contribution in [2.45, 2.75) is 89.6 Å². The largest absolute Gasteiger partial charge is 0.453 e. The summed E-state index contributed by atoms with van der Waals surface area (Å²) < 4.78 is 115. The van der Waals surface area contributed by atoms with Gasteiger partial charge in [0.1, 0.15) is 0 Å². The van der Waals surface area contributed by atoms with Gasteiger partial charge < -0.3 is 16.0 Å². The first kappa shape index (κ1) is 35.4. The molecule has 0 spiro atoms. The number of hydrogen-bond donors (Lipinski definition) is 3. The Labute approximate surface area is 213 Å². The number of carbonyl (C=O) groups excluding carboxylic acids is 4. The molecule has 3 amide bonds. The average molecular weight is 573 g/mol. The van der Waals surface area contributed by atoms with Gasteiger partial charge in [-0.25, -0.2) is 9.47 Å². The number of ketones is 1. The molecule has 0 bridgehead atoms. The third kappa shape index (κ3) is 13.8. The molecule has 9 nitrogen and oxygen atoms in total. The Morgan fingerprint density at radius 3 is 1.37 bits per heavy atom. The Kier molecular flexibility index (Phi) is 14.7. The SMILES string of the molecule is CC(=O)NCCCCCCC(=O)C(F)(F)OC(F)(F)C(F)(F)OC(F)(F)C(=O)NCCCCCNC(C)=O. The number of halogens is 8. The van der Waals surface area contributed by atoms with E-state index in [1.54, 1.807) is 0 Å². The van der Waals surface area contributed by atoms with Crippen LogP contribution in [0.2, 0.25) is 0 Å². The van der Waals surface area contributed by atoms with E-state index in [2.05, 4.69) is 20.1 Å². The van der Waals surface area contributed by atoms with E-state index < -0.39 is 49.1 Å². The Morgan fingerprint density at radius 1 is 0.553 bits per heavy atom. The fraction of sp³-hybridized carbons (Fsp3) is 0.810. The minimum Gasteiger partial charge on any atom is -0.356 e. The summed E-state index contributed by atoms with van der Waals surface area (Å²) in [6, 6.07) is 0. The van der Waals surface area contributed by atoms with E-state index in [4.69, 9.17) is 0 Å². The molecule has 0 aliphatic rings. The zero-order chi connectivity index (χ0) is 29.6. The molecule has 17 heteroatoms. The van der Waals surface area contributed by atoms with Crippen LogP contribution < -0.4 is 16.0 Å². The molecule has 0 unspecified atom stereocenters. The summed E-state index contributed by atoms with van der Waals surface area (Å²) in [7, 11) is 0. The molecule has 0 saturated heterocycles. The van der Waals surface area contributed by atoms with Crippen molar-refractivity contribution < 1.29 is 63.8 Å². The highest BCUT2D eigenvalue weighted by molar-refractivity contribution is 5.84. The molecule has 0 fully saturated rings. The quantitative estimate of drug-likeness (QED) is 0.152. The highest BCUT2D eigenvalue weighted by Gasteiger charge is 2.69. The minimum atomic E-state index is -6.44. The summed E-state index contributed by atoms with van der Waals surface area (Å²) in [5, 5.41) is 6.36. The van der Waals surface area contributed by atoms with Crippen molar-refractivity contribution in [3.05, 3.63) is 0 Å². The normalized spacial score (nSPS) is 12.7. The fourth-order valence-electron chi connectivity index (χ4n) is 2.71. The molecule has 0 saturated carbocycles. The molecule has 0 rings (SSSR count). The summed E-state index contributed by atoms with van der Waals surface area (Å²) in [5.41, 5.74) is 0. The zero-order valence-corrected chi connectivity index (χ0v) is 20.8. The fourth-order valence-corrected chi connectivity index (χ4v) is 2.71. The summed E-state index contributed by atoms with van der Waals surface area (Å²) in [5.74, 6) is -5.47. The minimum absolute atomic E-state index is 0.0424. The van der Waals surface area contributed by atoms with Gasteiger partial charge in [0.25, 0.3) is 0 Å². The van der Waals surface area contributed by atoms with Crippen LogP contribution >= 0.6 is 0 Å². The number of unbranched alkanes of at least 4 members (excludes halogenated alkanes) is 5. The van der Waals surface area contributed by atoms with Crippen LogP contribution in [0.25, 0.3) is 0 Å². The molecule has 0 aliphatic carbocycles. The van der Waals surface area contributed by atoms with Crippen molar-refractivity contribution in [3.63, 3.8) is 0 Å². The van der Waals surface area contributed by atoms with Gasteiger partial charge in [-0.2, -0.15) is 35.1 Å². The monoisotopic (exact) mass is 573 g/mol. The Hall–Kier alpha value is -2.56. The average Bonchev–Trinajstić information content (AvgIpc) is 2.75. The molecule has 0 atom stereocenters. The van der Waals surface area contributed by atoms with E-state index in [0.717, 1.165) is 0 Å². The van der Waals surface area contributed by atoms with Gasteiger partial charge in [-0.15, -0.1) is 0 Å². The van der Waals surface area contributed by atoms with Crippen LogP contribution in [-0.2, 0) is 28.7 Å². The Bertz CT molecular complexity index is 735. The summed E-state index contributed by atoms with van der Waals surface area (Å²) >= 11 is 0.